The smallest absolute Gasteiger partial charge is 0.306 e. The quantitative estimate of drug-likeness (QED) is 0.751. The van der Waals surface area contributed by atoms with Crippen molar-refractivity contribution in [1.29, 1.82) is 0 Å². The molecule has 1 unspecified atom stereocenters. The zero-order valence-electron chi connectivity index (χ0n) is 11.0. The number of nitrogens with one attached hydrogen (secondary N) is 1. The van der Waals surface area contributed by atoms with Gasteiger partial charge in [-0.3, -0.25) is 4.79 Å². The third-order valence-electron chi connectivity index (χ3n) is 2.98. The molecule has 18 heavy (non-hydrogen) atoms. The minimum atomic E-state index is -0.724. The van der Waals surface area contributed by atoms with Crippen molar-refractivity contribution in [2.45, 2.75) is 32.6 Å². The number of hydrogen-bond donors (Lipinski definition) is 2. The van der Waals surface area contributed by atoms with Crippen LogP contribution in [0.4, 0.5) is 0 Å². The molecule has 3 nitrogen and oxygen atoms in total. The van der Waals surface area contributed by atoms with E-state index in [2.05, 4.69) is 47.2 Å². The van der Waals surface area contributed by atoms with Gasteiger partial charge in [0, 0.05) is 16.8 Å². The third-order valence-corrected chi connectivity index (χ3v) is 4.97. The molecule has 5 heteroatoms. The van der Waals surface area contributed by atoms with Gasteiger partial charge in [0.05, 0.1) is 9.70 Å². The van der Waals surface area contributed by atoms with Crippen LogP contribution in [-0.4, -0.2) is 24.2 Å². The molecule has 1 aromatic heterocycles. The summed E-state index contributed by atoms with van der Waals surface area (Å²) in [4.78, 5) is 12.0. The Morgan fingerprint density at radius 3 is 2.72 bits per heavy atom. The summed E-state index contributed by atoms with van der Waals surface area (Å²) in [7, 11) is 0. The normalized spacial score (nSPS) is 13.6. The van der Waals surface area contributed by atoms with Crippen molar-refractivity contribution in [3.8, 4) is 0 Å². The Balaban J connectivity index is 2.36. The van der Waals surface area contributed by atoms with Crippen molar-refractivity contribution in [3.05, 3.63) is 20.8 Å². The van der Waals surface area contributed by atoms with Crippen LogP contribution in [-0.2, 0) is 10.2 Å². The van der Waals surface area contributed by atoms with Crippen LogP contribution < -0.4 is 5.32 Å². The molecular weight excluding hydrogens is 314 g/mol. The van der Waals surface area contributed by atoms with Crippen LogP contribution >= 0.6 is 27.3 Å². The van der Waals surface area contributed by atoms with Crippen LogP contribution in [0, 0.1) is 5.92 Å². The number of aliphatic carboxylic acids is 1. The highest BCUT2D eigenvalue weighted by atomic mass is 79.9. The summed E-state index contributed by atoms with van der Waals surface area (Å²) in [5.74, 6) is -1.00. The first-order valence-electron chi connectivity index (χ1n) is 6.02. The number of carbonyl (C=O) groups is 1. The van der Waals surface area contributed by atoms with E-state index in [-0.39, 0.29) is 11.3 Å². The molecule has 0 aliphatic heterocycles. The van der Waals surface area contributed by atoms with Crippen LogP contribution in [0.3, 0.4) is 0 Å². The zero-order valence-corrected chi connectivity index (χ0v) is 13.4. The van der Waals surface area contributed by atoms with E-state index >= 15 is 0 Å². The molecule has 0 aliphatic rings. The first-order chi connectivity index (χ1) is 8.33. The summed E-state index contributed by atoms with van der Waals surface area (Å²) in [6, 6.07) is 4.20. The van der Waals surface area contributed by atoms with Gasteiger partial charge in [0.15, 0.2) is 0 Å². The van der Waals surface area contributed by atoms with Crippen molar-refractivity contribution in [2.24, 2.45) is 5.92 Å². The van der Waals surface area contributed by atoms with E-state index in [1.807, 2.05) is 0 Å². The van der Waals surface area contributed by atoms with Crippen LogP contribution in [0.25, 0.3) is 0 Å². The number of carboxylic acids is 1. The molecule has 0 saturated carbocycles. The lowest BCUT2D eigenvalue weighted by Gasteiger charge is -2.24. The van der Waals surface area contributed by atoms with Gasteiger partial charge >= 0.3 is 5.97 Å². The lowest BCUT2D eigenvalue weighted by atomic mass is 9.91. The Morgan fingerprint density at radius 2 is 2.22 bits per heavy atom. The zero-order chi connectivity index (χ0) is 13.8. The number of thiophene rings is 1. The van der Waals surface area contributed by atoms with Gasteiger partial charge in [-0.25, -0.2) is 0 Å². The minimum absolute atomic E-state index is 0.0726. The van der Waals surface area contributed by atoms with Crippen LogP contribution in [0.15, 0.2) is 15.9 Å². The average Bonchev–Trinajstić information content (AvgIpc) is 2.71. The topological polar surface area (TPSA) is 49.3 Å². The van der Waals surface area contributed by atoms with Crippen molar-refractivity contribution in [1.82, 2.24) is 5.32 Å². The van der Waals surface area contributed by atoms with Gasteiger partial charge in [-0.2, -0.15) is 0 Å². The lowest BCUT2D eigenvalue weighted by Crippen LogP contribution is -2.33. The summed E-state index contributed by atoms with van der Waals surface area (Å²) in [5, 5.41) is 12.1. The SMILES string of the molecule is CC(CCNCC(C)(C)c1ccc(Br)s1)C(=O)O. The van der Waals surface area contributed by atoms with E-state index in [1.54, 1.807) is 18.3 Å². The second kappa shape index (κ2) is 6.68. The predicted octanol–water partition coefficient (Wildman–Crippen LogP) is 3.49. The number of carboxylic acid groups (broad SMARTS) is 1. The first-order valence-corrected chi connectivity index (χ1v) is 7.63. The molecule has 1 atom stereocenters. The maximum Gasteiger partial charge on any atom is 0.306 e. The first kappa shape index (κ1) is 15.7. The molecule has 0 amide bonds. The molecule has 102 valence electrons. The van der Waals surface area contributed by atoms with E-state index in [0.717, 1.165) is 16.9 Å². The predicted molar refractivity (Wildman–Crippen MR) is 79.3 cm³/mol. The molecule has 0 radical (unpaired) electrons. The van der Waals surface area contributed by atoms with Crippen molar-refractivity contribution in [3.63, 3.8) is 0 Å². The molecule has 0 saturated heterocycles. The maximum atomic E-state index is 10.7. The summed E-state index contributed by atoms with van der Waals surface area (Å²) >= 11 is 5.22. The Morgan fingerprint density at radius 1 is 1.56 bits per heavy atom. The van der Waals surface area contributed by atoms with E-state index in [0.29, 0.717) is 6.42 Å². The third kappa shape index (κ3) is 4.71. The molecule has 0 aromatic carbocycles. The van der Waals surface area contributed by atoms with Crippen LogP contribution in [0.1, 0.15) is 32.1 Å². The van der Waals surface area contributed by atoms with Crippen molar-refractivity contribution in [2.75, 3.05) is 13.1 Å². The number of halogens is 1. The van der Waals surface area contributed by atoms with Gasteiger partial charge in [-0.05, 0) is 41.0 Å². The highest BCUT2D eigenvalue weighted by molar-refractivity contribution is 9.11. The van der Waals surface area contributed by atoms with E-state index < -0.39 is 5.97 Å². The summed E-state index contributed by atoms with van der Waals surface area (Å²) in [5.41, 5.74) is 0.0726. The number of rotatable bonds is 7. The largest absolute Gasteiger partial charge is 0.481 e. The fraction of sp³-hybridized carbons (Fsp3) is 0.615. The fourth-order valence-electron chi connectivity index (χ4n) is 1.61. The van der Waals surface area contributed by atoms with Gasteiger partial charge in [0.1, 0.15) is 0 Å². The Labute approximate surface area is 121 Å². The van der Waals surface area contributed by atoms with Gasteiger partial charge in [-0.1, -0.05) is 20.8 Å². The fourth-order valence-corrected chi connectivity index (χ4v) is 3.09. The highest BCUT2D eigenvalue weighted by Gasteiger charge is 2.22. The summed E-state index contributed by atoms with van der Waals surface area (Å²) < 4.78 is 1.14. The van der Waals surface area contributed by atoms with E-state index in [9.17, 15) is 4.79 Å². The summed E-state index contributed by atoms with van der Waals surface area (Å²) in [6.45, 7) is 7.72. The maximum absolute atomic E-state index is 10.7. The highest BCUT2D eigenvalue weighted by Crippen LogP contribution is 2.32. The minimum Gasteiger partial charge on any atom is -0.481 e. The van der Waals surface area contributed by atoms with Gasteiger partial charge < -0.3 is 10.4 Å². The molecule has 1 aromatic rings. The second-order valence-electron chi connectivity index (χ2n) is 5.19. The molecule has 0 fully saturated rings. The molecule has 1 rings (SSSR count). The van der Waals surface area contributed by atoms with Crippen molar-refractivity contribution < 1.29 is 9.90 Å². The van der Waals surface area contributed by atoms with Gasteiger partial charge in [0.2, 0.25) is 0 Å². The monoisotopic (exact) mass is 333 g/mol. The van der Waals surface area contributed by atoms with E-state index in [4.69, 9.17) is 5.11 Å². The number of hydrogen-bond acceptors (Lipinski definition) is 3. The van der Waals surface area contributed by atoms with Gasteiger partial charge in [0.25, 0.3) is 0 Å². The standard InChI is InChI=1S/C13H20BrNO2S/c1-9(12(16)17)6-7-15-8-13(2,3)10-4-5-11(14)18-10/h4-5,9,15H,6-8H2,1-3H3,(H,16,17). The Hall–Kier alpha value is -0.390. The van der Waals surface area contributed by atoms with Crippen molar-refractivity contribution >= 4 is 33.2 Å². The molecule has 0 aliphatic carbocycles. The molecule has 2 N–H and O–H groups in total. The van der Waals surface area contributed by atoms with Crippen LogP contribution in [0.5, 0.6) is 0 Å². The van der Waals surface area contributed by atoms with Gasteiger partial charge in [-0.15, -0.1) is 11.3 Å². The Bertz CT molecular complexity index is 403. The second-order valence-corrected chi connectivity index (χ2v) is 7.66. The molecule has 0 spiro atoms. The van der Waals surface area contributed by atoms with E-state index in [1.165, 1.54) is 4.88 Å². The molecular formula is C13H20BrNO2S. The van der Waals surface area contributed by atoms with Crippen LogP contribution in [0.2, 0.25) is 0 Å². The Kier molecular flexibility index (Phi) is 5.82. The average molecular weight is 334 g/mol. The lowest BCUT2D eigenvalue weighted by molar-refractivity contribution is -0.141. The summed E-state index contributed by atoms with van der Waals surface area (Å²) in [6.07, 6.45) is 0.666. The molecule has 1 heterocycles. The molecule has 0 bridgehead atoms.